The van der Waals surface area contributed by atoms with Gasteiger partial charge in [-0.1, -0.05) is 30.3 Å². The Morgan fingerprint density at radius 2 is 1.75 bits per heavy atom. The van der Waals surface area contributed by atoms with Crippen molar-refractivity contribution in [2.24, 2.45) is 0 Å². The van der Waals surface area contributed by atoms with Crippen molar-refractivity contribution in [2.75, 3.05) is 12.4 Å². The van der Waals surface area contributed by atoms with Crippen LogP contribution in [0.5, 0.6) is 5.75 Å². The summed E-state index contributed by atoms with van der Waals surface area (Å²) in [6.45, 7) is 0. The van der Waals surface area contributed by atoms with Gasteiger partial charge in [-0.25, -0.2) is 4.98 Å². The average molecular weight is 422 g/mol. The zero-order valence-electron chi connectivity index (χ0n) is 17.1. The van der Waals surface area contributed by atoms with Crippen LogP contribution in [0.2, 0.25) is 0 Å². The number of benzene rings is 2. The number of pyridine rings is 2. The summed E-state index contributed by atoms with van der Waals surface area (Å²) >= 11 is 0. The minimum atomic E-state index is -0.329. The lowest BCUT2D eigenvalue weighted by Gasteiger charge is -2.09. The van der Waals surface area contributed by atoms with Gasteiger partial charge in [-0.15, -0.1) is 5.10 Å². The minimum Gasteiger partial charge on any atom is -0.496 e. The third-order valence-electron chi connectivity index (χ3n) is 5.01. The Morgan fingerprint density at radius 3 is 2.59 bits per heavy atom. The van der Waals surface area contributed by atoms with Crippen molar-refractivity contribution in [3.63, 3.8) is 0 Å². The Labute approximate surface area is 183 Å². The molecule has 32 heavy (non-hydrogen) atoms. The predicted molar refractivity (Wildman–Crippen MR) is 121 cm³/mol. The first-order chi connectivity index (χ1) is 15.7. The van der Waals surface area contributed by atoms with Crippen molar-refractivity contribution in [3.8, 4) is 28.4 Å². The van der Waals surface area contributed by atoms with Crippen molar-refractivity contribution >= 4 is 22.8 Å². The number of hydrogen-bond acceptors (Lipinski definition) is 6. The molecule has 3 heterocycles. The maximum absolute atomic E-state index is 13.2. The van der Waals surface area contributed by atoms with Gasteiger partial charge in [-0.3, -0.25) is 20.2 Å². The van der Waals surface area contributed by atoms with Crippen molar-refractivity contribution in [2.45, 2.75) is 0 Å². The van der Waals surface area contributed by atoms with Gasteiger partial charge in [0.05, 0.1) is 29.4 Å². The van der Waals surface area contributed by atoms with Gasteiger partial charge in [-0.05, 0) is 36.4 Å². The van der Waals surface area contributed by atoms with Gasteiger partial charge in [0.25, 0.3) is 5.91 Å². The molecule has 5 rings (SSSR count). The second kappa shape index (κ2) is 8.27. The molecule has 8 heteroatoms. The number of aromatic amines is 1. The first-order valence-electron chi connectivity index (χ1n) is 9.90. The maximum atomic E-state index is 13.2. The van der Waals surface area contributed by atoms with Crippen LogP contribution in [-0.2, 0) is 0 Å². The van der Waals surface area contributed by atoms with Crippen LogP contribution in [0.1, 0.15) is 10.4 Å². The zero-order valence-corrected chi connectivity index (χ0v) is 17.1. The quantitative estimate of drug-likeness (QED) is 0.436. The molecule has 0 aliphatic heterocycles. The van der Waals surface area contributed by atoms with Crippen LogP contribution >= 0.6 is 0 Å². The molecule has 1 amide bonds. The molecule has 0 saturated carbocycles. The van der Waals surface area contributed by atoms with Crippen LogP contribution in [0.25, 0.3) is 33.5 Å². The van der Waals surface area contributed by atoms with Crippen LogP contribution in [0.3, 0.4) is 0 Å². The fourth-order valence-electron chi connectivity index (χ4n) is 3.48. The Kier molecular flexibility index (Phi) is 5.01. The lowest BCUT2D eigenvalue weighted by Crippen LogP contribution is -2.14. The number of H-pyrrole nitrogens is 1. The average Bonchev–Trinajstić information content (AvgIpc) is 3.32. The van der Waals surface area contributed by atoms with E-state index in [0.717, 1.165) is 22.0 Å². The number of hydrogen-bond donors (Lipinski definition) is 2. The molecule has 3 aromatic heterocycles. The van der Waals surface area contributed by atoms with E-state index in [9.17, 15) is 4.79 Å². The van der Waals surface area contributed by atoms with Crippen molar-refractivity contribution in [1.82, 2.24) is 25.1 Å². The molecule has 0 fully saturated rings. The molecule has 0 atom stereocenters. The van der Waals surface area contributed by atoms with E-state index in [4.69, 9.17) is 9.72 Å². The predicted octanol–water partition coefficient (Wildman–Crippen LogP) is 4.34. The topological polar surface area (TPSA) is 106 Å². The molecule has 8 nitrogen and oxygen atoms in total. The normalized spacial score (nSPS) is 10.8. The number of fused-ring (bicyclic) bond motifs is 1. The summed E-state index contributed by atoms with van der Waals surface area (Å²) < 4.78 is 5.38. The molecular weight excluding hydrogens is 404 g/mol. The molecular formula is C24H18N6O2. The smallest absolute Gasteiger partial charge is 0.258 e. The SMILES string of the molecule is COc1ccccc1-c1nc(NC(=O)c2cc(-c3ccncc3)nc3ccccc23)n[nH]1. The summed E-state index contributed by atoms with van der Waals surface area (Å²) in [5.41, 5.74) is 3.50. The molecule has 0 saturated heterocycles. The third-order valence-corrected chi connectivity index (χ3v) is 5.01. The van der Waals surface area contributed by atoms with Crippen LogP contribution < -0.4 is 10.1 Å². The number of para-hydroxylation sites is 2. The number of carbonyl (C=O) groups excluding carboxylic acids is 1. The first kappa shape index (κ1) is 19.4. The van der Waals surface area contributed by atoms with Crippen LogP contribution in [0, 0.1) is 0 Å². The monoisotopic (exact) mass is 422 g/mol. The molecule has 2 N–H and O–H groups in total. The Balaban J connectivity index is 1.50. The molecule has 0 aliphatic rings. The minimum absolute atomic E-state index is 0.169. The van der Waals surface area contributed by atoms with E-state index in [1.807, 2.05) is 60.7 Å². The fourth-order valence-corrected chi connectivity index (χ4v) is 3.48. The molecule has 5 aromatic rings. The highest BCUT2D eigenvalue weighted by Crippen LogP contribution is 2.28. The molecule has 0 aliphatic carbocycles. The number of rotatable bonds is 5. The van der Waals surface area contributed by atoms with Gasteiger partial charge >= 0.3 is 0 Å². The number of amides is 1. The number of anilines is 1. The largest absolute Gasteiger partial charge is 0.496 e. The molecule has 0 unspecified atom stereocenters. The Hall–Kier alpha value is -4.59. The molecule has 2 aromatic carbocycles. The summed E-state index contributed by atoms with van der Waals surface area (Å²) in [5, 5.41) is 10.5. The highest BCUT2D eigenvalue weighted by atomic mass is 16.5. The summed E-state index contributed by atoms with van der Waals surface area (Å²) in [6.07, 6.45) is 3.39. The second-order valence-electron chi connectivity index (χ2n) is 6.97. The van der Waals surface area contributed by atoms with E-state index in [1.165, 1.54) is 0 Å². The maximum Gasteiger partial charge on any atom is 0.258 e. The lowest BCUT2D eigenvalue weighted by atomic mass is 10.0. The fraction of sp³-hybridized carbons (Fsp3) is 0.0417. The molecule has 0 spiro atoms. The van der Waals surface area contributed by atoms with Crippen molar-refractivity contribution < 1.29 is 9.53 Å². The highest BCUT2D eigenvalue weighted by Gasteiger charge is 2.17. The number of methoxy groups -OCH3 is 1. The Morgan fingerprint density at radius 1 is 0.969 bits per heavy atom. The molecule has 156 valence electrons. The van der Waals surface area contributed by atoms with Gasteiger partial charge in [0.15, 0.2) is 5.82 Å². The van der Waals surface area contributed by atoms with E-state index >= 15 is 0 Å². The lowest BCUT2D eigenvalue weighted by molar-refractivity contribution is 0.102. The van der Waals surface area contributed by atoms with E-state index in [-0.39, 0.29) is 11.9 Å². The van der Waals surface area contributed by atoms with Crippen LogP contribution in [0.4, 0.5) is 5.95 Å². The summed E-state index contributed by atoms with van der Waals surface area (Å²) in [4.78, 5) is 26.4. The number of carbonyl (C=O) groups is 1. The van der Waals surface area contributed by atoms with Gasteiger partial charge in [0, 0.05) is 23.3 Å². The van der Waals surface area contributed by atoms with E-state index < -0.39 is 0 Å². The van der Waals surface area contributed by atoms with Gasteiger partial charge in [-0.2, -0.15) is 4.98 Å². The summed E-state index contributed by atoms with van der Waals surface area (Å²) in [6, 6.07) is 20.4. The first-order valence-corrected chi connectivity index (χ1v) is 9.90. The van der Waals surface area contributed by atoms with Crippen LogP contribution in [0.15, 0.2) is 79.1 Å². The second-order valence-corrected chi connectivity index (χ2v) is 6.97. The number of aromatic nitrogens is 5. The standard InChI is InChI=1S/C24H18N6O2/c1-32-21-9-5-3-7-17(21)22-27-24(30-29-22)28-23(31)18-14-20(15-10-12-25-13-11-15)26-19-8-4-2-6-16(18)19/h2-14H,1H3,(H2,27,28,29,30,31). The number of nitrogens with one attached hydrogen (secondary N) is 2. The number of nitrogens with zero attached hydrogens (tertiary/aromatic N) is 4. The van der Waals surface area contributed by atoms with Gasteiger partial charge in [0.1, 0.15) is 5.75 Å². The summed E-state index contributed by atoms with van der Waals surface area (Å²) in [5.74, 6) is 0.991. The Bertz CT molecular complexity index is 1410. The van der Waals surface area contributed by atoms with Gasteiger partial charge in [0.2, 0.25) is 5.95 Å². The van der Waals surface area contributed by atoms with Crippen molar-refractivity contribution in [1.29, 1.82) is 0 Å². The van der Waals surface area contributed by atoms with Crippen molar-refractivity contribution in [3.05, 3.63) is 84.7 Å². The van der Waals surface area contributed by atoms with Crippen LogP contribution in [-0.4, -0.2) is 38.2 Å². The van der Waals surface area contributed by atoms with E-state index in [1.54, 1.807) is 25.6 Å². The van der Waals surface area contributed by atoms with E-state index in [2.05, 4.69) is 25.5 Å². The molecule has 0 bridgehead atoms. The molecule has 0 radical (unpaired) electrons. The zero-order chi connectivity index (χ0) is 21.9. The summed E-state index contributed by atoms with van der Waals surface area (Å²) in [7, 11) is 1.59. The number of ether oxygens (including phenoxy) is 1. The van der Waals surface area contributed by atoms with Gasteiger partial charge < -0.3 is 4.74 Å². The van der Waals surface area contributed by atoms with E-state index in [0.29, 0.717) is 22.8 Å². The highest BCUT2D eigenvalue weighted by molar-refractivity contribution is 6.12. The third kappa shape index (κ3) is 3.65.